The van der Waals surface area contributed by atoms with Gasteiger partial charge in [-0.1, -0.05) is 60.7 Å². The second-order valence-electron chi connectivity index (χ2n) is 4.53. The summed E-state index contributed by atoms with van der Waals surface area (Å²) in [4.78, 5) is 0.300. The summed E-state index contributed by atoms with van der Waals surface area (Å²) >= 11 is 6.73. The average Bonchev–Trinajstić information content (AvgIpc) is 2.67. The molecule has 0 unspecified atom stereocenters. The quantitative estimate of drug-likeness (QED) is 0.682. The zero-order valence-electron chi connectivity index (χ0n) is 10.8. The molecule has 0 spiro atoms. The fourth-order valence-corrected chi connectivity index (χ4v) is 6.32. The molecular formula is C16H10Br2O2S. The molecule has 3 rings (SSSR count). The number of halogens is 2. The van der Waals surface area contributed by atoms with E-state index in [1.807, 2.05) is 48.5 Å². The third-order valence-electron chi connectivity index (χ3n) is 3.22. The first kappa shape index (κ1) is 14.8. The minimum atomic E-state index is -3.54. The lowest BCUT2D eigenvalue weighted by molar-refractivity contribution is 0.614. The Morgan fingerprint density at radius 2 is 1.19 bits per heavy atom. The van der Waals surface area contributed by atoms with Crippen LogP contribution in [0.2, 0.25) is 0 Å². The van der Waals surface area contributed by atoms with Crippen LogP contribution in [0.15, 0.2) is 69.0 Å². The highest BCUT2D eigenvalue weighted by Crippen LogP contribution is 2.50. The van der Waals surface area contributed by atoms with Crippen molar-refractivity contribution < 1.29 is 8.42 Å². The van der Waals surface area contributed by atoms with Crippen molar-refractivity contribution in [3.63, 3.8) is 0 Å². The van der Waals surface area contributed by atoms with Crippen LogP contribution >= 0.6 is 31.9 Å². The van der Waals surface area contributed by atoms with E-state index in [0.29, 0.717) is 20.5 Å². The Morgan fingerprint density at radius 3 is 1.71 bits per heavy atom. The van der Waals surface area contributed by atoms with E-state index in [2.05, 4.69) is 31.9 Å². The van der Waals surface area contributed by atoms with E-state index in [1.165, 1.54) is 0 Å². The van der Waals surface area contributed by atoms with Gasteiger partial charge in [0.05, 0.1) is 4.91 Å². The van der Waals surface area contributed by atoms with E-state index in [1.54, 1.807) is 12.1 Å². The summed E-state index contributed by atoms with van der Waals surface area (Å²) in [5, 5.41) is 0. The van der Waals surface area contributed by atoms with Crippen molar-refractivity contribution in [1.82, 2.24) is 0 Å². The lowest BCUT2D eigenvalue weighted by atomic mass is 10.1. The van der Waals surface area contributed by atoms with Crippen LogP contribution in [0.4, 0.5) is 0 Å². The monoisotopic (exact) mass is 424 g/mol. The van der Waals surface area contributed by atoms with Crippen molar-refractivity contribution in [2.45, 2.75) is 0 Å². The third kappa shape index (κ3) is 2.43. The van der Waals surface area contributed by atoms with E-state index in [0.717, 1.165) is 5.56 Å². The smallest absolute Gasteiger partial charge is 0.215 e. The number of rotatable bonds is 2. The summed E-state index contributed by atoms with van der Waals surface area (Å²) in [5.74, 6) is 0. The molecule has 2 aromatic carbocycles. The summed E-state index contributed by atoms with van der Waals surface area (Å²) < 4.78 is 26.2. The average molecular weight is 426 g/mol. The SMILES string of the molecule is O=S1(=O)C(Br)=C(c2ccccc2)C(Br)=C1c1ccccc1. The Bertz CT molecular complexity index is 852. The van der Waals surface area contributed by atoms with Crippen LogP contribution in [0.5, 0.6) is 0 Å². The van der Waals surface area contributed by atoms with Crippen LogP contribution < -0.4 is 0 Å². The molecule has 0 radical (unpaired) electrons. The summed E-state index contributed by atoms with van der Waals surface area (Å²) in [6, 6.07) is 18.6. The van der Waals surface area contributed by atoms with E-state index in [4.69, 9.17) is 0 Å². The number of sulfone groups is 1. The van der Waals surface area contributed by atoms with Gasteiger partial charge in [0.15, 0.2) is 0 Å². The molecule has 0 fully saturated rings. The summed E-state index contributed by atoms with van der Waals surface area (Å²) in [6.07, 6.45) is 0. The highest BCUT2D eigenvalue weighted by Gasteiger charge is 2.37. The maximum absolute atomic E-state index is 12.7. The highest BCUT2D eigenvalue weighted by molar-refractivity contribution is 9.14. The normalized spacial score (nSPS) is 17.4. The van der Waals surface area contributed by atoms with Crippen molar-refractivity contribution in [3.05, 3.63) is 80.1 Å². The predicted molar refractivity (Wildman–Crippen MR) is 93.5 cm³/mol. The first-order chi connectivity index (χ1) is 10.0. The van der Waals surface area contributed by atoms with Crippen molar-refractivity contribution in [1.29, 1.82) is 0 Å². The Balaban J connectivity index is 2.27. The Hall–Kier alpha value is -1.17. The van der Waals surface area contributed by atoms with Crippen molar-refractivity contribution in [2.24, 2.45) is 0 Å². The van der Waals surface area contributed by atoms with Gasteiger partial charge in [0.2, 0.25) is 9.84 Å². The van der Waals surface area contributed by atoms with Gasteiger partial charge in [-0.05, 0) is 43.0 Å². The van der Waals surface area contributed by atoms with Crippen LogP contribution in [0.1, 0.15) is 11.1 Å². The minimum absolute atomic E-state index is 0.201. The largest absolute Gasteiger partial charge is 0.218 e. The van der Waals surface area contributed by atoms with Crippen LogP contribution in [-0.2, 0) is 9.84 Å². The van der Waals surface area contributed by atoms with Gasteiger partial charge in [-0.2, -0.15) is 0 Å². The number of allylic oxidation sites excluding steroid dienone is 2. The maximum Gasteiger partial charge on any atom is 0.215 e. The second kappa shape index (κ2) is 5.55. The van der Waals surface area contributed by atoms with Gasteiger partial charge >= 0.3 is 0 Å². The molecule has 0 aliphatic carbocycles. The molecule has 5 heteroatoms. The van der Waals surface area contributed by atoms with Gasteiger partial charge in [0, 0.05) is 10.1 Å². The summed E-state index contributed by atoms with van der Waals surface area (Å²) in [5.41, 5.74) is 2.19. The first-order valence-electron chi connectivity index (χ1n) is 6.19. The molecule has 1 aliphatic rings. The van der Waals surface area contributed by atoms with Gasteiger partial charge in [0.1, 0.15) is 3.81 Å². The molecule has 0 N–H and O–H groups in total. The van der Waals surface area contributed by atoms with Crippen LogP contribution in [0.3, 0.4) is 0 Å². The van der Waals surface area contributed by atoms with Crippen LogP contribution in [0.25, 0.3) is 10.5 Å². The molecule has 0 saturated heterocycles. The fourth-order valence-electron chi connectivity index (χ4n) is 2.26. The number of benzene rings is 2. The molecule has 0 bridgehead atoms. The molecule has 0 saturated carbocycles. The Kier molecular flexibility index (Phi) is 3.90. The van der Waals surface area contributed by atoms with Crippen molar-refractivity contribution in [3.8, 4) is 0 Å². The zero-order chi connectivity index (χ0) is 15.0. The van der Waals surface area contributed by atoms with Crippen LogP contribution in [0, 0.1) is 0 Å². The Labute approximate surface area is 140 Å². The maximum atomic E-state index is 12.7. The molecule has 2 aromatic rings. The minimum Gasteiger partial charge on any atom is -0.218 e. The van der Waals surface area contributed by atoms with E-state index < -0.39 is 9.84 Å². The highest BCUT2D eigenvalue weighted by atomic mass is 79.9. The van der Waals surface area contributed by atoms with Gasteiger partial charge < -0.3 is 0 Å². The first-order valence-corrected chi connectivity index (χ1v) is 9.26. The summed E-state index contributed by atoms with van der Waals surface area (Å²) in [6.45, 7) is 0. The van der Waals surface area contributed by atoms with Crippen molar-refractivity contribution in [2.75, 3.05) is 0 Å². The topological polar surface area (TPSA) is 34.1 Å². The van der Waals surface area contributed by atoms with Gasteiger partial charge in [0.25, 0.3) is 0 Å². The molecule has 2 nitrogen and oxygen atoms in total. The molecule has 106 valence electrons. The third-order valence-corrected chi connectivity index (χ3v) is 7.60. The molecule has 0 aromatic heterocycles. The standard InChI is InChI=1S/C16H10Br2O2S/c17-14-13(11-7-3-1-4-8-11)16(18)21(19,20)15(14)12-9-5-2-6-10-12/h1-10H. The predicted octanol–water partition coefficient (Wildman–Crippen LogP) is 4.94. The van der Waals surface area contributed by atoms with Crippen molar-refractivity contribution >= 4 is 52.2 Å². The second-order valence-corrected chi connectivity index (χ2v) is 8.46. The number of hydrogen-bond donors (Lipinski definition) is 0. The summed E-state index contributed by atoms with van der Waals surface area (Å²) in [7, 11) is -3.54. The number of hydrogen-bond acceptors (Lipinski definition) is 2. The lowest BCUT2D eigenvalue weighted by Gasteiger charge is -2.04. The fraction of sp³-hybridized carbons (Fsp3) is 0. The van der Waals surface area contributed by atoms with Gasteiger partial charge in [-0.3, -0.25) is 0 Å². The molecule has 1 aliphatic heterocycles. The van der Waals surface area contributed by atoms with Crippen LogP contribution in [-0.4, -0.2) is 8.42 Å². The molecule has 0 amide bonds. The molecule has 0 atom stereocenters. The molecule has 21 heavy (non-hydrogen) atoms. The molecule has 1 heterocycles. The van der Waals surface area contributed by atoms with Gasteiger partial charge in [-0.15, -0.1) is 0 Å². The van der Waals surface area contributed by atoms with E-state index in [9.17, 15) is 8.42 Å². The Morgan fingerprint density at radius 1 is 0.714 bits per heavy atom. The van der Waals surface area contributed by atoms with E-state index >= 15 is 0 Å². The molecular weight excluding hydrogens is 416 g/mol. The lowest BCUT2D eigenvalue weighted by Crippen LogP contribution is -1.99. The zero-order valence-corrected chi connectivity index (χ0v) is 14.7. The van der Waals surface area contributed by atoms with E-state index in [-0.39, 0.29) is 3.81 Å². The van der Waals surface area contributed by atoms with Gasteiger partial charge in [-0.25, -0.2) is 8.42 Å².